The van der Waals surface area contributed by atoms with Crippen LogP contribution in [-0.2, 0) is 12.5 Å². The van der Waals surface area contributed by atoms with Crippen LogP contribution in [0.1, 0.15) is 18.2 Å². The Morgan fingerprint density at radius 2 is 1.72 bits per heavy atom. The number of alkyl halides is 2. The summed E-state index contributed by atoms with van der Waals surface area (Å²) in [4.78, 5) is 5.74. The van der Waals surface area contributed by atoms with Gasteiger partial charge >= 0.3 is 0 Å². The highest BCUT2D eigenvalue weighted by molar-refractivity contribution is 5.77. The molecule has 2 heterocycles. The fourth-order valence-corrected chi connectivity index (χ4v) is 2.84. The van der Waals surface area contributed by atoms with Gasteiger partial charge in [0.1, 0.15) is 6.54 Å². The summed E-state index contributed by atoms with van der Waals surface area (Å²) >= 11 is 0. The number of benzene rings is 2. The van der Waals surface area contributed by atoms with E-state index in [-0.39, 0.29) is 5.56 Å². The smallest absolute Gasteiger partial charge is 0.270 e. The molecule has 1 N–H and O–H groups in total. The quantitative estimate of drug-likeness (QED) is 0.518. The van der Waals surface area contributed by atoms with E-state index in [4.69, 9.17) is 0 Å². The van der Waals surface area contributed by atoms with E-state index in [1.54, 1.807) is 18.3 Å². The zero-order chi connectivity index (χ0) is 20.3. The molecular weight excluding hydrogens is 374 g/mol. The van der Waals surface area contributed by atoms with Crippen LogP contribution in [0.2, 0.25) is 0 Å². The van der Waals surface area contributed by atoms with Crippen molar-refractivity contribution in [1.82, 2.24) is 25.2 Å². The Kier molecular flexibility index (Phi) is 4.99. The minimum Gasteiger partial charge on any atom is -0.355 e. The zero-order valence-corrected chi connectivity index (χ0v) is 15.6. The van der Waals surface area contributed by atoms with E-state index < -0.39 is 5.92 Å². The number of aromatic nitrogens is 5. The van der Waals surface area contributed by atoms with Crippen LogP contribution < -0.4 is 5.32 Å². The number of hydrogen-bond acceptors (Lipinski definition) is 5. The molecule has 4 rings (SSSR count). The predicted octanol–water partition coefficient (Wildman–Crippen LogP) is 4.64. The summed E-state index contributed by atoms with van der Waals surface area (Å²) in [7, 11) is 0. The molecule has 0 aliphatic heterocycles. The molecule has 29 heavy (non-hydrogen) atoms. The van der Waals surface area contributed by atoms with Gasteiger partial charge in [0.25, 0.3) is 5.92 Å². The molecule has 2 aromatic carbocycles. The number of tetrazole rings is 1. The van der Waals surface area contributed by atoms with E-state index in [0.29, 0.717) is 18.1 Å². The summed E-state index contributed by atoms with van der Waals surface area (Å²) < 4.78 is 26.8. The molecule has 4 aromatic rings. The molecule has 0 amide bonds. The summed E-state index contributed by atoms with van der Waals surface area (Å²) in [6.07, 6.45) is 1.71. The molecule has 2 aromatic heterocycles. The molecule has 0 atom stereocenters. The highest BCUT2D eigenvalue weighted by Gasteiger charge is 2.23. The van der Waals surface area contributed by atoms with Crippen LogP contribution in [0.3, 0.4) is 0 Å². The van der Waals surface area contributed by atoms with Crippen molar-refractivity contribution in [2.24, 2.45) is 0 Å². The molecule has 8 heteroatoms. The third-order valence-electron chi connectivity index (χ3n) is 4.32. The zero-order valence-electron chi connectivity index (χ0n) is 15.6. The number of halogens is 2. The van der Waals surface area contributed by atoms with Gasteiger partial charge in [-0.25, -0.2) is 8.78 Å². The topological polar surface area (TPSA) is 68.5 Å². The third kappa shape index (κ3) is 4.43. The molecular formula is C21H18F2N6. The van der Waals surface area contributed by atoms with Crippen LogP contribution in [-0.4, -0.2) is 25.2 Å². The van der Waals surface area contributed by atoms with Crippen molar-refractivity contribution in [1.29, 1.82) is 0 Å². The van der Waals surface area contributed by atoms with E-state index in [0.717, 1.165) is 23.9 Å². The standard InChI is InChI=1S/C21H18F2N6/c1-21(22,23)15-9-11-16(12-10-15)25-19-8-3-2-7-18(19)20-26-28-29(27-20)14-17-6-4-5-13-24-17/h2-13,25H,14H2,1H3. The average molecular weight is 392 g/mol. The molecule has 0 spiro atoms. The van der Waals surface area contributed by atoms with Gasteiger partial charge in [-0.2, -0.15) is 4.80 Å². The lowest BCUT2D eigenvalue weighted by atomic mass is 10.1. The van der Waals surface area contributed by atoms with E-state index in [1.165, 1.54) is 16.9 Å². The lowest BCUT2D eigenvalue weighted by Crippen LogP contribution is -2.06. The Bertz CT molecular complexity index is 1090. The highest BCUT2D eigenvalue weighted by atomic mass is 19.3. The summed E-state index contributed by atoms with van der Waals surface area (Å²) in [6.45, 7) is 1.29. The highest BCUT2D eigenvalue weighted by Crippen LogP contribution is 2.30. The molecule has 0 aliphatic rings. The molecule has 6 nitrogen and oxygen atoms in total. The van der Waals surface area contributed by atoms with Crippen LogP contribution in [0.4, 0.5) is 20.2 Å². The number of rotatable bonds is 6. The number of nitrogens with one attached hydrogen (secondary N) is 1. The lowest BCUT2D eigenvalue weighted by molar-refractivity contribution is 0.0175. The van der Waals surface area contributed by atoms with Crippen LogP contribution >= 0.6 is 0 Å². The van der Waals surface area contributed by atoms with Crippen molar-refractivity contribution < 1.29 is 8.78 Å². The monoisotopic (exact) mass is 392 g/mol. The lowest BCUT2D eigenvalue weighted by Gasteiger charge is -2.13. The van der Waals surface area contributed by atoms with Crippen molar-refractivity contribution in [2.45, 2.75) is 19.4 Å². The number of para-hydroxylation sites is 1. The molecule has 0 radical (unpaired) electrons. The number of nitrogens with zero attached hydrogens (tertiary/aromatic N) is 5. The second-order valence-corrected chi connectivity index (χ2v) is 6.60. The van der Waals surface area contributed by atoms with Gasteiger partial charge in [-0.05, 0) is 41.6 Å². The van der Waals surface area contributed by atoms with Gasteiger partial charge in [0.2, 0.25) is 5.82 Å². The largest absolute Gasteiger partial charge is 0.355 e. The fraction of sp³-hybridized carbons (Fsp3) is 0.143. The van der Waals surface area contributed by atoms with Crippen molar-refractivity contribution in [2.75, 3.05) is 5.32 Å². The van der Waals surface area contributed by atoms with Gasteiger partial charge < -0.3 is 5.32 Å². The van der Waals surface area contributed by atoms with Gasteiger partial charge in [-0.3, -0.25) is 4.98 Å². The van der Waals surface area contributed by atoms with Crippen LogP contribution in [0.15, 0.2) is 72.9 Å². The first-order valence-electron chi connectivity index (χ1n) is 9.01. The van der Waals surface area contributed by atoms with E-state index in [9.17, 15) is 8.78 Å². The predicted molar refractivity (Wildman–Crippen MR) is 106 cm³/mol. The van der Waals surface area contributed by atoms with Crippen LogP contribution in [0.25, 0.3) is 11.4 Å². The Morgan fingerprint density at radius 3 is 2.45 bits per heavy atom. The average Bonchev–Trinajstić information content (AvgIpc) is 3.17. The van der Waals surface area contributed by atoms with Gasteiger partial charge in [0.05, 0.1) is 5.69 Å². The van der Waals surface area contributed by atoms with E-state index >= 15 is 0 Å². The van der Waals surface area contributed by atoms with Crippen LogP contribution in [0, 0.1) is 0 Å². The van der Waals surface area contributed by atoms with E-state index in [1.807, 2.05) is 42.5 Å². The van der Waals surface area contributed by atoms with Crippen molar-refractivity contribution in [3.8, 4) is 11.4 Å². The number of hydrogen-bond donors (Lipinski definition) is 1. The molecule has 0 fully saturated rings. The Labute approximate surface area is 166 Å². The SMILES string of the molecule is CC(F)(F)c1ccc(Nc2ccccc2-c2nnn(Cc3ccccn3)n2)cc1. The van der Waals surface area contributed by atoms with Gasteiger partial charge in [0.15, 0.2) is 0 Å². The Balaban J connectivity index is 1.56. The number of pyridine rings is 1. The minimum absolute atomic E-state index is 0.0320. The molecule has 0 bridgehead atoms. The summed E-state index contributed by atoms with van der Waals surface area (Å²) in [5.74, 6) is -2.41. The summed E-state index contributed by atoms with van der Waals surface area (Å²) in [5.41, 5.74) is 2.99. The first-order valence-corrected chi connectivity index (χ1v) is 9.01. The van der Waals surface area contributed by atoms with Crippen molar-refractivity contribution in [3.63, 3.8) is 0 Å². The summed E-state index contributed by atoms with van der Waals surface area (Å²) in [5, 5.41) is 15.9. The molecule has 0 saturated carbocycles. The molecule has 146 valence electrons. The Hall–Kier alpha value is -3.68. The maximum absolute atomic E-state index is 13.4. The Morgan fingerprint density at radius 1 is 0.966 bits per heavy atom. The maximum atomic E-state index is 13.4. The normalized spacial score (nSPS) is 11.4. The summed E-state index contributed by atoms with van der Waals surface area (Å²) in [6, 6.07) is 19.2. The first-order chi connectivity index (χ1) is 14.0. The number of anilines is 2. The molecule has 0 unspecified atom stereocenters. The third-order valence-corrected chi connectivity index (χ3v) is 4.32. The molecule has 0 saturated heterocycles. The fourth-order valence-electron chi connectivity index (χ4n) is 2.84. The second-order valence-electron chi connectivity index (χ2n) is 6.60. The molecule has 0 aliphatic carbocycles. The van der Waals surface area contributed by atoms with Crippen molar-refractivity contribution in [3.05, 3.63) is 84.2 Å². The van der Waals surface area contributed by atoms with E-state index in [2.05, 4.69) is 25.7 Å². The van der Waals surface area contributed by atoms with Crippen molar-refractivity contribution >= 4 is 11.4 Å². The van der Waals surface area contributed by atoms with Crippen LogP contribution in [0.5, 0.6) is 0 Å². The van der Waals surface area contributed by atoms with Gasteiger partial charge in [0, 0.05) is 35.6 Å². The minimum atomic E-state index is -2.87. The first kappa shape index (κ1) is 18.7. The van der Waals surface area contributed by atoms with Gasteiger partial charge in [-0.15, -0.1) is 10.2 Å². The second kappa shape index (κ2) is 7.75. The van der Waals surface area contributed by atoms with Gasteiger partial charge in [-0.1, -0.05) is 30.3 Å². The maximum Gasteiger partial charge on any atom is 0.270 e.